The summed E-state index contributed by atoms with van der Waals surface area (Å²) < 4.78 is 5.45. The van der Waals surface area contributed by atoms with Gasteiger partial charge >= 0.3 is 6.03 Å². The Morgan fingerprint density at radius 2 is 2.28 bits per heavy atom. The van der Waals surface area contributed by atoms with Gasteiger partial charge in [-0.25, -0.2) is 4.79 Å². The van der Waals surface area contributed by atoms with Gasteiger partial charge in [0.1, 0.15) is 0 Å². The monoisotopic (exact) mass is 248 g/mol. The smallest absolute Gasteiger partial charge is 0.319 e. The van der Waals surface area contributed by atoms with Crippen LogP contribution in [0.4, 0.5) is 10.5 Å². The zero-order valence-corrected chi connectivity index (χ0v) is 11.0. The van der Waals surface area contributed by atoms with E-state index in [-0.39, 0.29) is 12.1 Å². The standard InChI is InChI=1S/C14H20N2O2/c1-10-5-6-13(11(2)8-10)16-14(17)15-9-12-4-3-7-18-12/h5-6,8,12H,3-4,7,9H2,1-2H3,(H2,15,16,17)/t12-/m1/s1. The topological polar surface area (TPSA) is 50.4 Å². The van der Waals surface area contributed by atoms with Crippen molar-refractivity contribution in [1.29, 1.82) is 0 Å². The lowest BCUT2D eigenvalue weighted by molar-refractivity contribution is 0.112. The molecule has 1 aromatic rings. The van der Waals surface area contributed by atoms with Crippen LogP contribution in [0.1, 0.15) is 24.0 Å². The van der Waals surface area contributed by atoms with Crippen molar-refractivity contribution in [3.63, 3.8) is 0 Å². The van der Waals surface area contributed by atoms with Gasteiger partial charge in [0.25, 0.3) is 0 Å². The molecular weight excluding hydrogens is 228 g/mol. The number of amides is 2. The number of rotatable bonds is 3. The highest BCUT2D eigenvalue weighted by atomic mass is 16.5. The molecule has 0 radical (unpaired) electrons. The average Bonchev–Trinajstić information content (AvgIpc) is 2.83. The summed E-state index contributed by atoms with van der Waals surface area (Å²) >= 11 is 0. The number of ether oxygens (including phenoxy) is 1. The molecule has 1 aliphatic rings. The molecule has 1 heterocycles. The van der Waals surface area contributed by atoms with Crippen LogP contribution in [-0.4, -0.2) is 25.3 Å². The fraction of sp³-hybridized carbons (Fsp3) is 0.500. The number of aryl methyl sites for hydroxylation is 2. The summed E-state index contributed by atoms with van der Waals surface area (Å²) in [6, 6.07) is 5.80. The molecule has 4 nitrogen and oxygen atoms in total. The van der Waals surface area contributed by atoms with Gasteiger partial charge in [-0.3, -0.25) is 0 Å². The second-order valence-electron chi connectivity index (χ2n) is 4.79. The zero-order valence-electron chi connectivity index (χ0n) is 11.0. The van der Waals surface area contributed by atoms with Gasteiger partial charge in [0, 0.05) is 18.8 Å². The molecule has 18 heavy (non-hydrogen) atoms. The van der Waals surface area contributed by atoms with E-state index in [1.807, 2.05) is 26.0 Å². The van der Waals surface area contributed by atoms with Crippen molar-refractivity contribution in [2.45, 2.75) is 32.8 Å². The maximum Gasteiger partial charge on any atom is 0.319 e. The van der Waals surface area contributed by atoms with E-state index in [0.717, 1.165) is 30.7 Å². The van der Waals surface area contributed by atoms with Gasteiger partial charge in [0.15, 0.2) is 0 Å². The lowest BCUT2D eigenvalue weighted by atomic mass is 10.1. The Hall–Kier alpha value is -1.55. The first-order valence-electron chi connectivity index (χ1n) is 6.39. The molecule has 1 saturated heterocycles. The summed E-state index contributed by atoms with van der Waals surface area (Å²) in [4.78, 5) is 11.7. The Balaban J connectivity index is 1.82. The van der Waals surface area contributed by atoms with E-state index in [1.54, 1.807) is 0 Å². The maximum atomic E-state index is 11.7. The Kier molecular flexibility index (Phi) is 4.20. The van der Waals surface area contributed by atoms with E-state index in [9.17, 15) is 4.79 Å². The minimum Gasteiger partial charge on any atom is -0.376 e. The van der Waals surface area contributed by atoms with Crippen LogP contribution in [0.5, 0.6) is 0 Å². The second kappa shape index (κ2) is 5.87. The fourth-order valence-corrected chi connectivity index (χ4v) is 2.13. The summed E-state index contributed by atoms with van der Waals surface area (Å²) in [7, 11) is 0. The molecule has 1 fully saturated rings. The first-order chi connectivity index (χ1) is 8.65. The summed E-state index contributed by atoms with van der Waals surface area (Å²) in [5.41, 5.74) is 3.12. The van der Waals surface area contributed by atoms with E-state index in [0.29, 0.717) is 6.54 Å². The van der Waals surface area contributed by atoms with E-state index in [1.165, 1.54) is 5.56 Å². The predicted molar refractivity (Wildman–Crippen MR) is 71.9 cm³/mol. The normalized spacial score (nSPS) is 18.7. The number of nitrogens with one attached hydrogen (secondary N) is 2. The van der Waals surface area contributed by atoms with Crippen LogP contribution < -0.4 is 10.6 Å². The van der Waals surface area contributed by atoms with E-state index in [4.69, 9.17) is 4.74 Å². The molecule has 2 N–H and O–H groups in total. The molecule has 0 spiro atoms. The van der Waals surface area contributed by atoms with Crippen LogP contribution in [0.15, 0.2) is 18.2 Å². The van der Waals surface area contributed by atoms with Crippen LogP contribution in [0, 0.1) is 13.8 Å². The van der Waals surface area contributed by atoms with Crippen molar-refractivity contribution in [2.24, 2.45) is 0 Å². The van der Waals surface area contributed by atoms with Gasteiger partial charge in [-0.2, -0.15) is 0 Å². The minimum absolute atomic E-state index is 0.169. The van der Waals surface area contributed by atoms with Crippen molar-refractivity contribution in [3.8, 4) is 0 Å². The largest absolute Gasteiger partial charge is 0.376 e. The zero-order chi connectivity index (χ0) is 13.0. The van der Waals surface area contributed by atoms with Gasteiger partial charge in [-0.05, 0) is 38.3 Å². The van der Waals surface area contributed by atoms with E-state index in [2.05, 4.69) is 16.7 Å². The van der Waals surface area contributed by atoms with Gasteiger partial charge < -0.3 is 15.4 Å². The van der Waals surface area contributed by atoms with Crippen LogP contribution in [0.2, 0.25) is 0 Å². The Labute approximate surface area is 108 Å². The number of hydrogen-bond acceptors (Lipinski definition) is 2. The highest BCUT2D eigenvalue weighted by Gasteiger charge is 2.16. The Morgan fingerprint density at radius 1 is 1.44 bits per heavy atom. The fourth-order valence-electron chi connectivity index (χ4n) is 2.13. The number of benzene rings is 1. The van der Waals surface area contributed by atoms with Crippen LogP contribution in [-0.2, 0) is 4.74 Å². The van der Waals surface area contributed by atoms with Crippen molar-refractivity contribution < 1.29 is 9.53 Å². The molecule has 4 heteroatoms. The molecule has 0 aliphatic carbocycles. The Bertz CT molecular complexity index is 426. The van der Waals surface area contributed by atoms with Gasteiger partial charge in [0.2, 0.25) is 0 Å². The highest BCUT2D eigenvalue weighted by molar-refractivity contribution is 5.90. The molecule has 1 aromatic carbocycles. The highest BCUT2D eigenvalue weighted by Crippen LogP contribution is 2.16. The van der Waals surface area contributed by atoms with E-state index < -0.39 is 0 Å². The van der Waals surface area contributed by atoms with Gasteiger partial charge in [-0.15, -0.1) is 0 Å². The molecule has 2 amide bonds. The van der Waals surface area contributed by atoms with Crippen molar-refractivity contribution in [2.75, 3.05) is 18.5 Å². The van der Waals surface area contributed by atoms with Crippen molar-refractivity contribution in [1.82, 2.24) is 5.32 Å². The van der Waals surface area contributed by atoms with E-state index >= 15 is 0 Å². The van der Waals surface area contributed by atoms with Crippen molar-refractivity contribution >= 4 is 11.7 Å². The molecule has 0 unspecified atom stereocenters. The third kappa shape index (κ3) is 3.47. The quantitative estimate of drug-likeness (QED) is 0.864. The summed E-state index contributed by atoms with van der Waals surface area (Å²) in [6.07, 6.45) is 2.30. The molecule has 98 valence electrons. The SMILES string of the molecule is Cc1ccc(NC(=O)NC[C@H]2CCCO2)c(C)c1. The maximum absolute atomic E-state index is 11.7. The number of carbonyl (C=O) groups is 1. The summed E-state index contributed by atoms with van der Waals surface area (Å²) in [5, 5.41) is 5.70. The number of carbonyl (C=O) groups excluding carboxylic acids is 1. The minimum atomic E-state index is -0.169. The Morgan fingerprint density at radius 3 is 2.94 bits per heavy atom. The van der Waals surface area contributed by atoms with Crippen molar-refractivity contribution in [3.05, 3.63) is 29.3 Å². The van der Waals surface area contributed by atoms with Crippen LogP contribution in [0.25, 0.3) is 0 Å². The lowest BCUT2D eigenvalue weighted by Gasteiger charge is -2.13. The molecule has 2 rings (SSSR count). The molecule has 1 aliphatic heterocycles. The predicted octanol–water partition coefficient (Wildman–Crippen LogP) is 2.60. The first kappa shape index (κ1) is 12.9. The molecule has 0 saturated carbocycles. The molecular formula is C14H20N2O2. The number of anilines is 1. The second-order valence-corrected chi connectivity index (χ2v) is 4.79. The average molecular weight is 248 g/mol. The summed E-state index contributed by atoms with van der Waals surface area (Å²) in [6.45, 7) is 5.42. The third-order valence-electron chi connectivity index (χ3n) is 3.14. The first-order valence-corrected chi connectivity index (χ1v) is 6.39. The van der Waals surface area contributed by atoms with Crippen LogP contribution >= 0.6 is 0 Å². The third-order valence-corrected chi connectivity index (χ3v) is 3.14. The number of urea groups is 1. The molecule has 0 aromatic heterocycles. The molecule has 1 atom stereocenters. The number of hydrogen-bond donors (Lipinski definition) is 2. The van der Waals surface area contributed by atoms with Gasteiger partial charge in [-0.1, -0.05) is 17.7 Å². The lowest BCUT2D eigenvalue weighted by Crippen LogP contribution is -2.35. The van der Waals surface area contributed by atoms with Crippen LogP contribution in [0.3, 0.4) is 0 Å². The van der Waals surface area contributed by atoms with Gasteiger partial charge in [0.05, 0.1) is 6.10 Å². The molecule has 0 bridgehead atoms. The summed E-state index contributed by atoms with van der Waals surface area (Å²) in [5.74, 6) is 0.